The number of imide groups is 1. The molecule has 3 aliphatic rings. The van der Waals surface area contributed by atoms with E-state index in [2.05, 4.69) is 19.2 Å². The van der Waals surface area contributed by atoms with Crippen molar-refractivity contribution in [2.24, 2.45) is 0 Å². The Morgan fingerprint density at radius 1 is 1.33 bits per heavy atom. The van der Waals surface area contributed by atoms with Gasteiger partial charge < -0.3 is 10.1 Å². The summed E-state index contributed by atoms with van der Waals surface area (Å²) < 4.78 is 5.43. The third kappa shape index (κ3) is 2.09. The highest BCUT2D eigenvalue weighted by atomic mass is 16.6. The molecule has 3 unspecified atom stereocenters. The fraction of sp³-hybridized carbons (Fsp3) is 0.500. The van der Waals surface area contributed by atoms with Gasteiger partial charge in [-0.3, -0.25) is 19.3 Å². The largest absolute Gasteiger partial charge is 0.346 e. The first kappa shape index (κ1) is 15.3. The van der Waals surface area contributed by atoms with E-state index in [0.717, 1.165) is 12.0 Å². The van der Waals surface area contributed by atoms with Crippen LogP contribution in [0, 0.1) is 0 Å². The van der Waals surface area contributed by atoms with Crippen LogP contribution in [-0.2, 0) is 9.53 Å². The summed E-state index contributed by atoms with van der Waals surface area (Å²) >= 11 is 0. The lowest BCUT2D eigenvalue weighted by atomic mass is 9.95. The summed E-state index contributed by atoms with van der Waals surface area (Å²) in [6.07, 6.45) is 1.70. The Balaban J connectivity index is 0.00000182. The Hall–Kier alpha value is -2.21. The van der Waals surface area contributed by atoms with Crippen LogP contribution in [0.4, 0.5) is 0 Å². The Morgan fingerprint density at radius 2 is 2.04 bits per heavy atom. The van der Waals surface area contributed by atoms with E-state index in [1.165, 1.54) is 4.90 Å². The zero-order chi connectivity index (χ0) is 17.1. The van der Waals surface area contributed by atoms with E-state index in [4.69, 9.17) is 4.74 Å². The summed E-state index contributed by atoms with van der Waals surface area (Å²) in [5.41, 5.74) is 1.10. The van der Waals surface area contributed by atoms with Crippen molar-refractivity contribution in [2.75, 3.05) is 6.61 Å². The molecule has 2 saturated heterocycles. The smallest absolute Gasteiger partial charge is 0.261 e. The first-order valence-corrected chi connectivity index (χ1v) is 8.43. The van der Waals surface area contributed by atoms with Crippen LogP contribution in [0.1, 0.15) is 66.7 Å². The van der Waals surface area contributed by atoms with Crippen molar-refractivity contribution >= 4 is 17.7 Å². The third-order valence-corrected chi connectivity index (χ3v) is 5.42. The van der Waals surface area contributed by atoms with Crippen LogP contribution in [0.2, 0.25) is 0 Å². The van der Waals surface area contributed by atoms with E-state index >= 15 is 0 Å². The minimum Gasteiger partial charge on any atom is -0.346 e. The number of piperidine rings is 1. The monoisotopic (exact) mass is 330 g/mol. The SMILES string of the molecule is CCC(C)c1ccc2c(c1)C(=O)N(C1CCC(=O)NC13CO3)C2=O.[HH]. The maximum absolute atomic E-state index is 12.9. The molecule has 0 aromatic heterocycles. The van der Waals surface area contributed by atoms with Crippen molar-refractivity contribution in [3.05, 3.63) is 34.9 Å². The molecule has 3 heterocycles. The molecule has 24 heavy (non-hydrogen) atoms. The molecule has 6 nitrogen and oxygen atoms in total. The first-order chi connectivity index (χ1) is 11.5. The molecule has 4 rings (SSSR count). The highest BCUT2D eigenvalue weighted by Gasteiger charge is 2.60. The van der Waals surface area contributed by atoms with Gasteiger partial charge in [-0.25, -0.2) is 0 Å². The van der Waals surface area contributed by atoms with Gasteiger partial charge in [-0.05, 0) is 36.5 Å². The second-order valence-electron chi connectivity index (χ2n) is 6.88. The van der Waals surface area contributed by atoms with Crippen molar-refractivity contribution in [2.45, 2.75) is 50.8 Å². The molecule has 6 heteroatoms. The van der Waals surface area contributed by atoms with Crippen LogP contribution in [-0.4, -0.2) is 41.0 Å². The number of rotatable bonds is 3. The predicted molar refractivity (Wildman–Crippen MR) is 87.6 cm³/mol. The number of carbonyl (C=O) groups is 3. The van der Waals surface area contributed by atoms with Crippen molar-refractivity contribution in [3.63, 3.8) is 0 Å². The Labute approximate surface area is 141 Å². The van der Waals surface area contributed by atoms with E-state index in [9.17, 15) is 14.4 Å². The Morgan fingerprint density at radius 3 is 2.71 bits per heavy atom. The molecular formula is C18H22N2O4. The normalized spacial score (nSPS) is 29.7. The molecule has 1 N–H and O–H groups in total. The Kier molecular flexibility index (Phi) is 3.28. The number of ether oxygens (including phenoxy) is 1. The molecule has 1 aromatic carbocycles. The van der Waals surface area contributed by atoms with Crippen LogP contribution < -0.4 is 5.32 Å². The highest BCUT2D eigenvalue weighted by Crippen LogP contribution is 2.40. The lowest BCUT2D eigenvalue weighted by molar-refractivity contribution is -0.126. The third-order valence-electron chi connectivity index (χ3n) is 5.42. The van der Waals surface area contributed by atoms with Crippen LogP contribution >= 0.6 is 0 Å². The van der Waals surface area contributed by atoms with Crippen molar-refractivity contribution < 1.29 is 20.5 Å². The average Bonchev–Trinajstić information content (AvgIpc) is 3.29. The summed E-state index contributed by atoms with van der Waals surface area (Å²) in [7, 11) is 0. The minimum atomic E-state index is -0.873. The predicted octanol–water partition coefficient (Wildman–Crippen LogP) is 2.05. The molecule has 3 aliphatic heterocycles. The first-order valence-electron chi connectivity index (χ1n) is 8.43. The fourth-order valence-electron chi connectivity index (χ4n) is 3.67. The topological polar surface area (TPSA) is 79.0 Å². The van der Waals surface area contributed by atoms with Crippen LogP contribution in [0.5, 0.6) is 0 Å². The van der Waals surface area contributed by atoms with Gasteiger partial charge in [0.05, 0.1) is 23.8 Å². The van der Waals surface area contributed by atoms with Gasteiger partial charge in [0.1, 0.15) is 0 Å². The van der Waals surface area contributed by atoms with Gasteiger partial charge in [0.2, 0.25) is 5.91 Å². The summed E-state index contributed by atoms with van der Waals surface area (Å²) in [4.78, 5) is 38.6. The summed E-state index contributed by atoms with van der Waals surface area (Å²) in [5.74, 6) is -0.336. The lowest BCUT2D eigenvalue weighted by Crippen LogP contribution is -2.59. The number of epoxide rings is 1. The molecule has 0 aliphatic carbocycles. The van der Waals surface area contributed by atoms with Crippen LogP contribution in [0.15, 0.2) is 18.2 Å². The van der Waals surface area contributed by atoms with Gasteiger partial charge in [0.15, 0.2) is 5.72 Å². The van der Waals surface area contributed by atoms with E-state index in [1.807, 2.05) is 12.1 Å². The number of hydrogen-bond acceptors (Lipinski definition) is 4. The maximum atomic E-state index is 12.9. The van der Waals surface area contributed by atoms with E-state index in [-0.39, 0.29) is 19.1 Å². The molecular weight excluding hydrogens is 308 g/mol. The number of nitrogens with one attached hydrogen (secondary N) is 1. The molecule has 3 amide bonds. The summed E-state index contributed by atoms with van der Waals surface area (Å²) in [5, 5.41) is 2.79. The van der Waals surface area contributed by atoms with Crippen molar-refractivity contribution in [1.29, 1.82) is 0 Å². The number of hydrogen-bond donors (Lipinski definition) is 1. The molecule has 1 aromatic rings. The number of benzene rings is 1. The number of nitrogens with zero attached hydrogens (tertiary/aromatic N) is 1. The van der Waals surface area contributed by atoms with E-state index < -0.39 is 11.8 Å². The molecule has 128 valence electrons. The quantitative estimate of drug-likeness (QED) is 0.679. The van der Waals surface area contributed by atoms with Crippen LogP contribution in [0.3, 0.4) is 0 Å². The second kappa shape index (κ2) is 5.14. The van der Waals surface area contributed by atoms with Gasteiger partial charge in [0, 0.05) is 7.85 Å². The maximum Gasteiger partial charge on any atom is 0.261 e. The molecule has 2 fully saturated rings. The van der Waals surface area contributed by atoms with Gasteiger partial charge in [0.25, 0.3) is 11.8 Å². The average molecular weight is 330 g/mol. The number of carbonyl (C=O) groups excluding carboxylic acids is 3. The number of fused-ring (bicyclic) bond motifs is 1. The Bertz CT molecular complexity index is 759. The lowest BCUT2D eigenvalue weighted by Gasteiger charge is -2.34. The number of amides is 3. The van der Waals surface area contributed by atoms with E-state index in [1.54, 1.807) is 6.07 Å². The summed E-state index contributed by atoms with van der Waals surface area (Å²) in [6.45, 7) is 4.54. The fourth-order valence-corrected chi connectivity index (χ4v) is 3.67. The van der Waals surface area contributed by atoms with Crippen molar-refractivity contribution in [3.8, 4) is 0 Å². The van der Waals surface area contributed by atoms with Gasteiger partial charge in [-0.1, -0.05) is 19.9 Å². The minimum absolute atomic E-state index is 0. The second-order valence-corrected chi connectivity index (χ2v) is 6.88. The molecule has 0 saturated carbocycles. The summed E-state index contributed by atoms with van der Waals surface area (Å²) in [6, 6.07) is 5.08. The zero-order valence-corrected chi connectivity index (χ0v) is 13.8. The van der Waals surface area contributed by atoms with Gasteiger partial charge in [-0.2, -0.15) is 0 Å². The molecule has 0 radical (unpaired) electrons. The van der Waals surface area contributed by atoms with Crippen molar-refractivity contribution in [1.82, 2.24) is 10.2 Å². The molecule has 1 spiro atoms. The zero-order valence-electron chi connectivity index (χ0n) is 13.8. The highest BCUT2D eigenvalue weighted by molar-refractivity contribution is 6.21. The standard InChI is InChI=1S/C18H20N2O4.H2/c1-3-10(2)11-4-5-12-13(8-11)17(23)20(16(12)22)14-6-7-15(21)19-18(14)9-24-18;/h4-5,8,10,14H,3,6-7,9H2,1-2H3,(H,19,21);1H. The van der Waals surface area contributed by atoms with Gasteiger partial charge in [-0.15, -0.1) is 0 Å². The molecule has 0 bridgehead atoms. The van der Waals surface area contributed by atoms with E-state index in [0.29, 0.717) is 36.5 Å². The van der Waals surface area contributed by atoms with Crippen LogP contribution in [0.25, 0.3) is 0 Å². The van der Waals surface area contributed by atoms with Gasteiger partial charge >= 0.3 is 0 Å². The molecule has 3 atom stereocenters.